The minimum atomic E-state index is -0.853. The van der Waals surface area contributed by atoms with Crippen molar-refractivity contribution in [3.8, 4) is 0 Å². The van der Waals surface area contributed by atoms with Gasteiger partial charge in [-0.25, -0.2) is 0 Å². The molecule has 5 nitrogen and oxygen atoms in total. The van der Waals surface area contributed by atoms with Crippen LogP contribution in [0.25, 0.3) is 0 Å². The molecular formula is C12H20ClNO4. The summed E-state index contributed by atoms with van der Waals surface area (Å²) >= 11 is 0. The van der Waals surface area contributed by atoms with E-state index in [2.05, 4.69) is 0 Å². The summed E-state index contributed by atoms with van der Waals surface area (Å²) in [6, 6.07) is -0.174. The number of carbonyl (C=O) groups is 2. The van der Waals surface area contributed by atoms with E-state index in [1.165, 1.54) is 6.42 Å². The lowest BCUT2D eigenvalue weighted by Crippen LogP contribution is -2.43. The Labute approximate surface area is 113 Å². The molecule has 0 amide bonds. The van der Waals surface area contributed by atoms with Crippen LogP contribution in [0.2, 0.25) is 0 Å². The molecule has 0 radical (unpaired) electrons. The van der Waals surface area contributed by atoms with Crippen LogP contribution in [0.1, 0.15) is 38.5 Å². The van der Waals surface area contributed by atoms with Crippen molar-refractivity contribution in [2.75, 3.05) is 6.54 Å². The molecule has 3 atom stereocenters. The molecule has 104 valence electrons. The zero-order chi connectivity index (χ0) is 12.4. The molecule has 0 aromatic rings. The van der Waals surface area contributed by atoms with Gasteiger partial charge in [0.05, 0.1) is 6.42 Å². The summed E-state index contributed by atoms with van der Waals surface area (Å²) in [5, 5.41) is 17.9. The number of nitrogens with zero attached hydrogens (tertiary/aromatic N) is 1. The number of hydrogen-bond donors (Lipinski definition) is 2. The van der Waals surface area contributed by atoms with Crippen molar-refractivity contribution in [3.63, 3.8) is 0 Å². The molecule has 0 aromatic carbocycles. The van der Waals surface area contributed by atoms with Gasteiger partial charge in [-0.05, 0) is 25.2 Å². The minimum absolute atomic E-state index is 0. The highest BCUT2D eigenvalue weighted by Gasteiger charge is 2.44. The average molecular weight is 278 g/mol. The molecule has 3 unspecified atom stereocenters. The fraction of sp³-hybridized carbons (Fsp3) is 0.833. The van der Waals surface area contributed by atoms with Crippen LogP contribution in [0.3, 0.4) is 0 Å². The molecule has 1 aliphatic carbocycles. The van der Waals surface area contributed by atoms with E-state index < -0.39 is 18.0 Å². The molecule has 2 fully saturated rings. The first-order chi connectivity index (χ1) is 8.09. The highest BCUT2D eigenvalue weighted by atomic mass is 35.5. The number of carboxylic acids is 2. The fourth-order valence-electron chi connectivity index (χ4n) is 3.34. The number of fused-ring (bicyclic) bond motifs is 1. The predicted molar refractivity (Wildman–Crippen MR) is 68.0 cm³/mol. The number of rotatable bonds is 4. The van der Waals surface area contributed by atoms with Crippen molar-refractivity contribution in [2.24, 2.45) is 5.92 Å². The predicted octanol–water partition coefficient (Wildman–Crippen LogP) is 1.60. The Bertz CT molecular complexity index is 323. The van der Waals surface area contributed by atoms with Gasteiger partial charge in [0, 0.05) is 12.6 Å². The Balaban J connectivity index is 0.00000162. The number of carboxylic acid groups (broad SMARTS) is 2. The lowest BCUT2D eigenvalue weighted by Gasteiger charge is -2.32. The van der Waals surface area contributed by atoms with Crippen LogP contribution in [-0.2, 0) is 9.59 Å². The maximum absolute atomic E-state index is 11.2. The molecule has 1 saturated heterocycles. The largest absolute Gasteiger partial charge is 0.481 e. The second-order valence-electron chi connectivity index (χ2n) is 5.08. The monoisotopic (exact) mass is 277 g/mol. The van der Waals surface area contributed by atoms with E-state index in [0.717, 1.165) is 19.3 Å². The van der Waals surface area contributed by atoms with E-state index in [4.69, 9.17) is 5.11 Å². The molecular weight excluding hydrogens is 258 g/mol. The first-order valence-electron chi connectivity index (χ1n) is 6.30. The fourth-order valence-corrected chi connectivity index (χ4v) is 3.34. The maximum Gasteiger partial charge on any atom is 0.320 e. The van der Waals surface area contributed by atoms with Gasteiger partial charge in [0.2, 0.25) is 0 Å². The van der Waals surface area contributed by atoms with Gasteiger partial charge in [0.15, 0.2) is 0 Å². The highest BCUT2D eigenvalue weighted by Crippen LogP contribution is 2.39. The normalized spacial score (nSPS) is 31.4. The molecule has 1 aliphatic heterocycles. The van der Waals surface area contributed by atoms with E-state index in [1.54, 1.807) is 0 Å². The van der Waals surface area contributed by atoms with Gasteiger partial charge in [-0.1, -0.05) is 12.8 Å². The summed E-state index contributed by atoms with van der Waals surface area (Å²) in [4.78, 5) is 23.7. The summed E-state index contributed by atoms with van der Waals surface area (Å²) in [6.45, 7) is 0.369. The van der Waals surface area contributed by atoms with Crippen molar-refractivity contribution in [1.29, 1.82) is 0 Å². The van der Waals surface area contributed by atoms with Gasteiger partial charge in [-0.3, -0.25) is 14.5 Å². The summed E-state index contributed by atoms with van der Waals surface area (Å²) < 4.78 is 0. The summed E-state index contributed by atoms with van der Waals surface area (Å²) in [5.41, 5.74) is 0. The van der Waals surface area contributed by atoms with Crippen LogP contribution in [-0.4, -0.2) is 45.7 Å². The van der Waals surface area contributed by atoms with Gasteiger partial charge < -0.3 is 10.2 Å². The van der Waals surface area contributed by atoms with Crippen molar-refractivity contribution in [2.45, 2.75) is 50.6 Å². The molecule has 6 heteroatoms. The summed E-state index contributed by atoms with van der Waals surface area (Å²) in [7, 11) is 0. The standard InChI is InChI=1S/C12H19NO4.ClH/c14-11(15)5-6-13-9-4-2-1-3-8(9)7-10(13)12(16)17;/h8-10H,1-7H2,(H,14,15)(H,16,17);1H. The second kappa shape index (κ2) is 6.38. The SMILES string of the molecule is Cl.O=C(O)CCN1C(C(=O)O)CC2CCCCC21. The average Bonchev–Trinajstić information content (AvgIpc) is 2.65. The molecule has 1 saturated carbocycles. The van der Waals surface area contributed by atoms with Crippen molar-refractivity contribution in [1.82, 2.24) is 4.90 Å². The third kappa shape index (κ3) is 3.14. The van der Waals surface area contributed by atoms with Crippen LogP contribution in [0.15, 0.2) is 0 Å². The van der Waals surface area contributed by atoms with Gasteiger partial charge in [-0.15, -0.1) is 12.4 Å². The Morgan fingerprint density at radius 1 is 1.17 bits per heavy atom. The van der Waals surface area contributed by atoms with Crippen molar-refractivity contribution in [3.05, 3.63) is 0 Å². The van der Waals surface area contributed by atoms with E-state index in [0.29, 0.717) is 24.9 Å². The van der Waals surface area contributed by atoms with Gasteiger partial charge in [0.25, 0.3) is 0 Å². The zero-order valence-corrected chi connectivity index (χ0v) is 11.1. The Hall–Kier alpha value is -0.810. The number of likely N-dealkylation sites (tertiary alicyclic amines) is 1. The molecule has 0 bridgehead atoms. The maximum atomic E-state index is 11.2. The van der Waals surface area contributed by atoms with Crippen molar-refractivity contribution < 1.29 is 19.8 Å². The lowest BCUT2D eigenvalue weighted by molar-refractivity contribution is -0.144. The highest BCUT2D eigenvalue weighted by molar-refractivity contribution is 5.85. The van der Waals surface area contributed by atoms with Gasteiger partial charge >= 0.3 is 11.9 Å². The first kappa shape index (κ1) is 15.2. The molecule has 0 aromatic heterocycles. The minimum Gasteiger partial charge on any atom is -0.481 e. The van der Waals surface area contributed by atoms with Crippen molar-refractivity contribution >= 4 is 24.3 Å². The Morgan fingerprint density at radius 3 is 2.44 bits per heavy atom. The molecule has 2 N–H and O–H groups in total. The smallest absolute Gasteiger partial charge is 0.320 e. The van der Waals surface area contributed by atoms with Crippen LogP contribution < -0.4 is 0 Å². The molecule has 1 heterocycles. The van der Waals surface area contributed by atoms with Crippen LogP contribution in [0.4, 0.5) is 0 Å². The molecule has 0 spiro atoms. The molecule has 2 rings (SSSR count). The summed E-state index contributed by atoms with van der Waals surface area (Å²) in [5.74, 6) is -1.20. The summed E-state index contributed by atoms with van der Waals surface area (Å²) in [6.07, 6.45) is 5.16. The number of hydrogen-bond acceptors (Lipinski definition) is 3. The first-order valence-corrected chi connectivity index (χ1v) is 6.30. The quantitative estimate of drug-likeness (QED) is 0.816. The van der Waals surface area contributed by atoms with E-state index in [1.807, 2.05) is 4.90 Å². The van der Waals surface area contributed by atoms with Crippen LogP contribution in [0, 0.1) is 5.92 Å². The number of aliphatic carboxylic acids is 2. The lowest BCUT2D eigenvalue weighted by atomic mass is 9.85. The third-order valence-corrected chi connectivity index (χ3v) is 4.09. The number of halogens is 1. The Morgan fingerprint density at radius 2 is 1.83 bits per heavy atom. The van der Waals surface area contributed by atoms with Gasteiger partial charge in [-0.2, -0.15) is 0 Å². The molecule has 18 heavy (non-hydrogen) atoms. The van der Waals surface area contributed by atoms with Crippen LogP contribution in [0.5, 0.6) is 0 Å². The van der Waals surface area contributed by atoms with Crippen LogP contribution >= 0.6 is 12.4 Å². The zero-order valence-electron chi connectivity index (χ0n) is 10.2. The van der Waals surface area contributed by atoms with E-state index in [9.17, 15) is 14.7 Å². The van der Waals surface area contributed by atoms with E-state index in [-0.39, 0.29) is 18.8 Å². The third-order valence-electron chi connectivity index (χ3n) is 4.09. The Kier molecular flexibility index (Phi) is 5.41. The topological polar surface area (TPSA) is 77.8 Å². The van der Waals surface area contributed by atoms with Gasteiger partial charge in [0.1, 0.15) is 6.04 Å². The van der Waals surface area contributed by atoms with E-state index >= 15 is 0 Å². The molecule has 2 aliphatic rings. The second-order valence-corrected chi connectivity index (χ2v) is 5.08.